The summed E-state index contributed by atoms with van der Waals surface area (Å²) >= 11 is 0. The van der Waals surface area contributed by atoms with Crippen LogP contribution in [0.1, 0.15) is 0 Å². The lowest BCUT2D eigenvalue weighted by Gasteiger charge is -1.32. The fourth-order valence-electron chi connectivity index (χ4n) is 0. The second-order valence-electron chi connectivity index (χ2n) is 0.136. The van der Waals surface area contributed by atoms with Crippen LogP contribution in [0.15, 0.2) is 0 Å². The van der Waals surface area contributed by atoms with Gasteiger partial charge in [-0.25, -0.2) is 0 Å². The average molecular weight is 65.0 g/mol. The molecule has 0 atom stereocenters. The molecule has 1 amide bonds. The normalized spacial score (nSPS) is 3.00. The molecule has 0 aromatic carbocycles. The van der Waals surface area contributed by atoms with Crippen LogP contribution in [0, 0.1) is 0 Å². The lowest BCUT2D eigenvalue weighted by Crippen LogP contribution is -1.82. The summed E-state index contributed by atoms with van der Waals surface area (Å²) in [5, 5.41) is 0. The van der Waals surface area contributed by atoms with Gasteiger partial charge in [0.15, 0.2) is 0 Å². The summed E-state index contributed by atoms with van der Waals surface area (Å²) < 4.78 is 0. The van der Waals surface area contributed by atoms with Crippen molar-refractivity contribution in [1.29, 1.82) is 0 Å². The maximum atomic E-state index is 8.58. The Balaban J connectivity index is 0. The lowest BCUT2D eigenvalue weighted by molar-refractivity contribution is -0.106. The number of nitrogens with two attached hydrogens (primary N) is 1. The molecule has 0 aliphatic carbocycles. The third-order valence-corrected chi connectivity index (χ3v) is 0. The topological polar surface area (TPSA) is 43.1 Å². The van der Waals surface area contributed by atoms with Gasteiger partial charge >= 0.3 is 0 Å². The largest absolute Gasteiger partial charge is 0.372 e. The maximum absolute atomic E-state index is 8.58. The molecule has 2 nitrogen and oxygen atoms in total. The van der Waals surface area contributed by atoms with Crippen molar-refractivity contribution in [3.8, 4) is 0 Å². The van der Waals surface area contributed by atoms with Gasteiger partial charge in [-0.3, -0.25) is 9.50 Å². The highest BCUT2D eigenvalue weighted by Crippen LogP contribution is 0.798. The van der Waals surface area contributed by atoms with Crippen LogP contribution in [0.3, 0.4) is 0 Å². The molecule has 4 heavy (non-hydrogen) atoms. The van der Waals surface area contributed by atoms with Crippen molar-refractivity contribution in [2.24, 2.45) is 5.73 Å². The van der Waals surface area contributed by atoms with E-state index < -0.39 is 0 Å². The molecule has 0 saturated carbocycles. The quantitative estimate of drug-likeness (QED) is 0.371. The van der Waals surface area contributed by atoms with Gasteiger partial charge in [-0.2, -0.15) is 0 Å². The minimum Gasteiger partial charge on any atom is -0.372 e. The van der Waals surface area contributed by atoms with Crippen LogP contribution < -0.4 is 5.73 Å². The number of primary amides is 1. The maximum Gasteiger partial charge on any atom is 0.204 e. The standard InChI is InChI=1S/CH3NO.FH/c2-1-3;/h1H,(H2,2,3);1H. The van der Waals surface area contributed by atoms with Crippen molar-refractivity contribution in [2.75, 3.05) is 0 Å². The zero-order valence-electron chi connectivity index (χ0n) is 1.97. The summed E-state index contributed by atoms with van der Waals surface area (Å²) in [7, 11) is 0. The van der Waals surface area contributed by atoms with Crippen LogP contribution in [0.25, 0.3) is 0 Å². The first kappa shape index (κ1) is 9.99. The number of halogens is 1. The van der Waals surface area contributed by atoms with Crippen LogP contribution >= 0.6 is 0 Å². The highest BCUT2D eigenvalue weighted by molar-refractivity contribution is 5.42. The second kappa shape index (κ2) is 29.4. The van der Waals surface area contributed by atoms with Gasteiger partial charge in [0.05, 0.1) is 0 Å². The van der Waals surface area contributed by atoms with Gasteiger partial charge in [0, 0.05) is 0 Å². The van der Waals surface area contributed by atoms with Crippen LogP contribution in [0.4, 0.5) is 4.70 Å². The third-order valence-electron chi connectivity index (χ3n) is 0. The zero-order valence-corrected chi connectivity index (χ0v) is 1.97. The summed E-state index contributed by atoms with van der Waals surface area (Å²) in [5.74, 6) is 0. The van der Waals surface area contributed by atoms with Crippen LogP contribution in [0.5, 0.6) is 0 Å². The molecule has 0 radical (unpaired) electrons. The average Bonchev–Trinajstić information content (AvgIpc) is 0.918. The van der Waals surface area contributed by atoms with E-state index in [0.29, 0.717) is 0 Å². The molecule has 0 aliphatic heterocycles. The molecule has 0 fully saturated rings. The van der Waals surface area contributed by atoms with Crippen molar-refractivity contribution in [3.63, 3.8) is 0 Å². The van der Waals surface area contributed by atoms with Gasteiger partial charge < -0.3 is 5.73 Å². The van der Waals surface area contributed by atoms with Crippen molar-refractivity contribution in [3.05, 3.63) is 0 Å². The molecule has 0 aliphatic rings. The number of hydrogen-bond donors (Lipinski definition) is 1. The Hall–Kier alpha value is -0.600. The number of carbonyl (C=O) groups is 1. The SMILES string of the molecule is F.NC=O. The first-order valence-electron chi connectivity index (χ1n) is 0.569. The summed E-state index contributed by atoms with van der Waals surface area (Å²) in [6.07, 6.45) is 0.250. The zero-order chi connectivity index (χ0) is 2.71. The van der Waals surface area contributed by atoms with Gasteiger partial charge in [-0.05, 0) is 0 Å². The number of hydrogen-bond acceptors (Lipinski definition) is 1. The predicted octanol–water partition coefficient (Wildman–Crippen LogP) is -0.746. The Morgan fingerprint density at radius 3 is 1.75 bits per heavy atom. The van der Waals surface area contributed by atoms with E-state index in [-0.39, 0.29) is 11.1 Å². The fourth-order valence-corrected chi connectivity index (χ4v) is 0. The minimum atomic E-state index is 0. The number of carbonyl (C=O) groups excluding carboxylic acids is 1. The molecule has 0 bridgehead atoms. The van der Waals surface area contributed by atoms with E-state index >= 15 is 0 Å². The Kier molecular flexibility index (Phi) is 73.4. The monoisotopic (exact) mass is 65.0 g/mol. The molecule has 0 spiro atoms. The Morgan fingerprint density at radius 2 is 1.75 bits per heavy atom. The highest BCUT2D eigenvalue weighted by atomic mass is 19.0. The van der Waals surface area contributed by atoms with Crippen LogP contribution in [-0.4, -0.2) is 6.41 Å². The lowest BCUT2D eigenvalue weighted by atomic mass is 11.5. The van der Waals surface area contributed by atoms with Crippen LogP contribution in [0.2, 0.25) is 0 Å². The molecule has 3 heteroatoms. The van der Waals surface area contributed by atoms with E-state index in [1.54, 1.807) is 0 Å². The Morgan fingerprint density at radius 1 is 1.75 bits per heavy atom. The molecule has 0 heterocycles. The van der Waals surface area contributed by atoms with Crippen molar-refractivity contribution >= 4 is 6.41 Å². The molecular weight excluding hydrogens is 61.0 g/mol. The summed E-state index contributed by atoms with van der Waals surface area (Å²) in [6.45, 7) is 0. The number of amides is 1. The second-order valence-corrected chi connectivity index (χ2v) is 0.136. The molecule has 0 unspecified atom stereocenters. The van der Waals surface area contributed by atoms with E-state index in [4.69, 9.17) is 4.79 Å². The Labute approximate surface area is 23.0 Å². The molecule has 2 N–H and O–H groups in total. The first-order chi connectivity index (χ1) is 1.41. The van der Waals surface area contributed by atoms with E-state index in [1.807, 2.05) is 0 Å². The van der Waals surface area contributed by atoms with Crippen molar-refractivity contribution in [1.82, 2.24) is 0 Å². The summed E-state index contributed by atoms with van der Waals surface area (Å²) in [6, 6.07) is 0. The first-order valence-corrected chi connectivity index (χ1v) is 0.569. The Bertz CT molecular complexity index is 15.5. The smallest absolute Gasteiger partial charge is 0.204 e. The van der Waals surface area contributed by atoms with Crippen LogP contribution in [-0.2, 0) is 4.79 Å². The summed E-state index contributed by atoms with van der Waals surface area (Å²) in [5.41, 5.74) is 4.17. The molecule has 0 saturated heterocycles. The highest BCUT2D eigenvalue weighted by Gasteiger charge is 1.19. The number of rotatable bonds is 0. The van der Waals surface area contributed by atoms with Gasteiger partial charge in [-0.1, -0.05) is 0 Å². The van der Waals surface area contributed by atoms with Crippen molar-refractivity contribution < 1.29 is 9.50 Å². The van der Waals surface area contributed by atoms with Gasteiger partial charge in [0.2, 0.25) is 6.41 Å². The molecule has 26 valence electrons. The van der Waals surface area contributed by atoms with E-state index in [1.165, 1.54) is 0 Å². The van der Waals surface area contributed by atoms with Gasteiger partial charge in [0.25, 0.3) is 0 Å². The predicted molar refractivity (Wildman–Crippen MR) is 12.8 cm³/mol. The van der Waals surface area contributed by atoms with E-state index in [0.717, 1.165) is 0 Å². The molecule has 0 aromatic rings. The van der Waals surface area contributed by atoms with Gasteiger partial charge in [-0.15, -0.1) is 0 Å². The van der Waals surface area contributed by atoms with E-state index in [2.05, 4.69) is 5.73 Å². The molecular formula is CH4FNO. The summed E-state index contributed by atoms with van der Waals surface area (Å²) in [4.78, 5) is 8.58. The van der Waals surface area contributed by atoms with Gasteiger partial charge in [0.1, 0.15) is 0 Å². The van der Waals surface area contributed by atoms with E-state index in [9.17, 15) is 0 Å². The minimum absolute atomic E-state index is 0. The fraction of sp³-hybridized carbons (Fsp3) is 0. The third kappa shape index (κ3) is 0.622. The van der Waals surface area contributed by atoms with Crippen molar-refractivity contribution in [2.45, 2.75) is 0 Å². The molecule has 0 rings (SSSR count). The molecule has 0 aromatic heterocycles.